The number of nitrogens with zero attached hydrogens (tertiary/aromatic N) is 3. The maximum atomic E-state index is 12.0. The van der Waals surface area contributed by atoms with Gasteiger partial charge in [0, 0.05) is 49.0 Å². The van der Waals surface area contributed by atoms with Gasteiger partial charge < -0.3 is 14.4 Å². The van der Waals surface area contributed by atoms with Crippen molar-refractivity contribution in [3.8, 4) is 17.7 Å². The third-order valence-electron chi connectivity index (χ3n) is 4.67. The van der Waals surface area contributed by atoms with E-state index >= 15 is 0 Å². The van der Waals surface area contributed by atoms with Crippen LogP contribution in [0.5, 0.6) is 5.88 Å². The van der Waals surface area contributed by atoms with E-state index in [2.05, 4.69) is 21.7 Å². The van der Waals surface area contributed by atoms with Crippen molar-refractivity contribution < 1.29 is 14.3 Å². The number of halogens is 1. The summed E-state index contributed by atoms with van der Waals surface area (Å²) in [5, 5.41) is 0.655. The fraction of sp³-hybridized carbons (Fsp3) is 0.364. The van der Waals surface area contributed by atoms with Crippen molar-refractivity contribution in [1.29, 1.82) is 0 Å². The average molecular weight is 414 g/mol. The molecule has 152 valence electrons. The smallest absolute Gasteiger partial charge is 0.409 e. The van der Waals surface area contributed by atoms with Crippen molar-refractivity contribution in [2.45, 2.75) is 13.0 Å². The summed E-state index contributed by atoms with van der Waals surface area (Å²) in [6, 6.07) is 11.1. The van der Waals surface area contributed by atoms with Crippen LogP contribution in [0.3, 0.4) is 0 Å². The second-order valence-corrected chi connectivity index (χ2v) is 6.97. The predicted molar refractivity (Wildman–Crippen MR) is 112 cm³/mol. The van der Waals surface area contributed by atoms with Crippen LogP contribution in [0.25, 0.3) is 0 Å². The molecule has 1 aliphatic rings. The van der Waals surface area contributed by atoms with Crippen LogP contribution in [0.4, 0.5) is 4.79 Å². The maximum Gasteiger partial charge on any atom is 0.409 e. The lowest BCUT2D eigenvalue weighted by molar-refractivity contribution is 0.0735. The quantitative estimate of drug-likeness (QED) is 0.717. The predicted octanol–water partition coefficient (Wildman–Crippen LogP) is 3.61. The number of rotatable bonds is 4. The van der Waals surface area contributed by atoms with Gasteiger partial charge in [-0.2, -0.15) is 0 Å². The Morgan fingerprint density at radius 3 is 2.66 bits per heavy atom. The van der Waals surface area contributed by atoms with E-state index in [4.69, 9.17) is 21.1 Å². The minimum atomic E-state index is -0.264. The van der Waals surface area contributed by atoms with Crippen molar-refractivity contribution in [3.63, 3.8) is 0 Å². The fourth-order valence-electron chi connectivity index (χ4n) is 3.16. The second kappa shape index (κ2) is 10.1. The molecule has 6 nitrogen and oxygen atoms in total. The summed E-state index contributed by atoms with van der Waals surface area (Å²) in [7, 11) is 1.59. The number of pyridine rings is 1. The van der Waals surface area contributed by atoms with Crippen LogP contribution in [-0.2, 0) is 4.74 Å². The number of hydrogen-bond donors (Lipinski definition) is 0. The molecule has 1 aromatic heterocycles. The van der Waals surface area contributed by atoms with Crippen LogP contribution in [0.2, 0.25) is 5.02 Å². The van der Waals surface area contributed by atoms with Gasteiger partial charge in [-0.1, -0.05) is 29.5 Å². The molecule has 1 unspecified atom stereocenters. The molecular formula is C22H24ClN3O3. The van der Waals surface area contributed by atoms with E-state index in [0.29, 0.717) is 43.7 Å². The first-order chi connectivity index (χ1) is 14.1. The van der Waals surface area contributed by atoms with Crippen LogP contribution in [0.1, 0.15) is 24.1 Å². The van der Waals surface area contributed by atoms with Crippen molar-refractivity contribution in [1.82, 2.24) is 14.8 Å². The Kier molecular flexibility index (Phi) is 7.34. The molecule has 1 aromatic carbocycles. The lowest BCUT2D eigenvalue weighted by atomic mass is 10.1. The van der Waals surface area contributed by atoms with Gasteiger partial charge in [-0.05, 0) is 36.8 Å². The highest BCUT2D eigenvalue weighted by Gasteiger charge is 2.27. The highest BCUT2D eigenvalue weighted by molar-refractivity contribution is 6.30. The molecule has 2 heterocycles. The van der Waals surface area contributed by atoms with Crippen molar-refractivity contribution >= 4 is 17.7 Å². The topological polar surface area (TPSA) is 54.9 Å². The highest BCUT2D eigenvalue weighted by atomic mass is 35.5. The van der Waals surface area contributed by atoms with E-state index in [1.807, 2.05) is 43.3 Å². The maximum absolute atomic E-state index is 12.0. The van der Waals surface area contributed by atoms with E-state index < -0.39 is 0 Å². The lowest BCUT2D eigenvalue weighted by Crippen LogP contribution is -2.49. The van der Waals surface area contributed by atoms with Crippen LogP contribution in [-0.4, -0.2) is 60.8 Å². The summed E-state index contributed by atoms with van der Waals surface area (Å²) in [6.45, 7) is 4.77. The van der Waals surface area contributed by atoms with Crippen molar-refractivity contribution in [2.75, 3.05) is 39.9 Å². The van der Waals surface area contributed by atoms with Gasteiger partial charge in [0.25, 0.3) is 0 Å². The van der Waals surface area contributed by atoms with E-state index in [-0.39, 0.29) is 12.1 Å². The summed E-state index contributed by atoms with van der Waals surface area (Å²) in [6.07, 6.45) is 1.52. The zero-order valence-corrected chi connectivity index (χ0v) is 17.4. The highest BCUT2D eigenvalue weighted by Crippen LogP contribution is 2.23. The average Bonchev–Trinajstić information content (AvgIpc) is 2.75. The molecule has 0 N–H and O–H groups in total. The van der Waals surface area contributed by atoms with E-state index in [1.54, 1.807) is 18.2 Å². The van der Waals surface area contributed by atoms with Gasteiger partial charge in [0.15, 0.2) is 0 Å². The third kappa shape index (κ3) is 5.63. The molecule has 2 aromatic rings. The molecule has 0 aliphatic carbocycles. The zero-order chi connectivity index (χ0) is 20.6. The fourth-order valence-corrected chi connectivity index (χ4v) is 3.35. The number of aromatic nitrogens is 1. The van der Waals surface area contributed by atoms with Crippen LogP contribution in [0.15, 0.2) is 42.6 Å². The SMILES string of the molecule is CCOC(=O)N1CCN(C(C#Cc2cccc(Cl)c2)c2ccc(OC)nc2)CC1. The summed E-state index contributed by atoms with van der Waals surface area (Å²) >= 11 is 6.08. The van der Waals surface area contributed by atoms with Crippen molar-refractivity contribution in [3.05, 3.63) is 58.7 Å². The first-order valence-corrected chi connectivity index (χ1v) is 9.91. The summed E-state index contributed by atoms with van der Waals surface area (Å²) in [5.74, 6) is 7.14. The molecular weight excluding hydrogens is 390 g/mol. The number of hydrogen-bond acceptors (Lipinski definition) is 5. The number of piperazine rings is 1. The molecule has 0 bridgehead atoms. The Balaban J connectivity index is 1.81. The molecule has 3 rings (SSSR count). The molecule has 1 atom stereocenters. The molecule has 0 radical (unpaired) electrons. The Hall–Kier alpha value is -2.75. The monoisotopic (exact) mass is 413 g/mol. The van der Waals surface area contributed by atoms with E-state index in [9.17, 15) is 4.79 Å². The van der Waals surface area contributed by atoms with Crippen molar-refractivity contribution in [2.24, 2.45) is 0 Å². The lowest BCUT2D eigenvalue weighted by Gasteiger charge is -2.37. The van der Waals surface area contributed by atoms with E-state index in [0.717, 1.165) is 11.1 Å². The molecule has 1 fully saturated rings. The summed E-state index contributed by atoms with van der Waals surface area (Å²) < 4.78 is 10.3. The minimum Gasteiger partial charge on any atom is -0.481 e. The Morgan fingerprint density at radius 1 is 1.24 bits per heavy atom. The van der Waals surface area contributed by atoms with Crippen LogP contribution in [0, 0.1) is 11.8 Å². The molecule has 1 amide bonds. The molecule has 0 saturated carbocycles. The summed E-state index contributed by atoms with van der Waals surface area (Å²) in [4.78, 5) is 20.3. The normalized spacial score (nSPS) is 15.2. The standard InChI is InChI=1S/C22H24ClN3O3/c1-3-29-22(27)26-13-11-25(12-14-26)20(18-8-10-21(28-2)24-16-18)9-7-17-5-4-6-19(23)15-17/h4-6,8,10,15-16,20H,3,11-14H2,1-2H3. The minimum absolute atomic E-state index is 0.156. The third-order valence-corrected chi connectivity index (χ3v) is 4.90. The first-order valence-electron chi connectivity index (χ1n) is 9.53. The second-order valence-electron chi connectivity index (χ2n) is 6.54. The number of amides is 1. The molecule has 1 aliphatic heterocycles. The van der Waals surface area contributed by atoms with Gasteiger partial charge in [-0.15, -0.1) is 0 Å². The van der Waals surface area contributed by atoms with Gasteiger partial charge in [-0.3, -0.25) is 4.90 Å². The van der Waals surface area contributed by atoms with Gasteiger partial charge in [0.2, 0.25) is 5.88 Å². The van der Waals surface area contributed by atoms with E-state index in [1.165, 1.54) is 0 Å². The Morgan fingerprint density at radius 2 is 2.03 bits per heavy atom. The summed E-state index contributed by atoms with van der Waals surface area (Å²) in [5.41, 5.74) is 1.83. The number of ether oxygens (including phenoxy) is 2. The first kappa shape index (κ1) is 21.0. The van der Waals surface area contributed by atoms with Gasteiger partial charge in [0.1, 0.15) is 0 Å². The van der Waals surface area contributed by atoms with Gasteiger partial charge in [0.05, 0.1) is 19.8 Å². The number of benzene rings is 1. The van der Waals surface area contributed by atoms with Crippen LogP contribution >= 0.6 is 11.6 Å². The Bertz CT molecular complexity index is 884. The largest absolute Gasteiger partial charge is 0.481 e. The molecule has 1 saturated heterocycles. The Labute approximate surface area is 176 Å². The number of carbonyl (C=O) groups is 1. The van der Waals surface area contributed by atoms with Crippen LogP contribution < -0.4 is 4.74 Å². The molecule has 7 heteroatoms. The van der Waals surface area contributed by atoms with Gasteiger partial charge >= 0.3 is 6.09 Å². The number of methoxy groups -OCH3 is 1. The molecule has 29 heavy (non-hydrogen) atoms. The zero-order valence-electron chi connectivity index (χ0n) is 16.6. The number of carbonyl (C=O) groups excluding carboxylic acids is 1. The van der Waals surface area contributed by atoms with Gasteiger partial charge in [-0.25, -0.2) is 9.78 Å². The molecule has 0 spiro atoms.